The van der Waals surface area contributed by atoms with E-state index in [-0.39, 0.29) is 17.1 Å². The Labute approximate surface area is 133 Å². The van der Waals surface area contributed by atoms with Crippen LogP contribution < -0.4 is 4.74 Å². The summed E-state index contributed by atoms with van der Waals surface area (Å²) >= 11 is 2.95. The van der Waals surface area contributed by atoms with Crippen molar-refractivity contribution in [3.63, 3.8) is 0 Å². The molecule has 0 aliphatic heterocycles. The largest absolute Gasteiger partial charge is 0.466 e. The van der Waals surface area contributed by atoms with Gasteiger partial charge in [-0.15, -0.1) is 0 Å². The molecule has 1 heterocycles. The maximum absolute atomic E-state index is 13.0. The van der Waals surface area contributed by atoms with Crippen LogP contribution in [0.5, 0.6) is 5.88 Å². The van der Waals surface area contributed by atoms with Crippen LogP contribution in [0.25, 0.3) is 0 Å². The number of halogens is 2. The average Bonchev–Trinajstić information content (AvgIpc) is 2.47. The maximum atomic E-state index is 13.0. The molecule has 4 nitrogen and oxygen atoms in total. The molecule has 0 N–H and O–H groups in total. The molecule has 1 aromatic heterocycles. The van der Waals surface area contributed by atoms with E-state index in [4.69, 9.17) is 9.47 Å². The molecule has 1 aromatic rings. The first-order valence-corrected chi connectivity index (χ1v) is 8.03. The first-order chi connectivity index (χ1) is 10.1. The van der Waals surface area contributed by atoms with E-state index in [9.17, 15) is 9.18 Å². The quantitative estimate of drug-likeness (QED) is 0.354. The van der Waals surface area contributed by atoms with Crippen LogP contribution in [-0.2, 0) is 9.53 Å². The molecule has 0 aliphatic rings. The zero-order chi connectivity index (χ0) is 15.5. The number of esters is 1. The van der Waals surface area contributed by atoms with Gasteiger partial charge in [-0.25, -0.2) is 14.2 Å². The van der Waals surface area contributed by atoms with E-state index < -0.39 is 11.8 Å². The van der Waals surface area contributed by atoms with Crippen molar-refractivity contribution >= 4 is 21.9 Å². The number of hydrogen-bond donors (Lipinski definition) is 0. The second-order valence-electron chi connectivity index (χ2n) is 4.70. The molecule has 0 aliphatic carbocycles. The summed E-state index contributed by atoms with van der Waals surface area (Å²) in [7, 11) is 0. The minimum Gasteiger partial charge on any atom is -0.466 e. The summed E-state index contributed by atoms with van der Waals surface area (Å²) in [5, 5.41) is 0. The molecule has 0 spiro atoms. The standard InChI is InChI=1S/C15H21BrFNO3/c1-2-3-4-5-6-7-10-20-14(19)11-21-13-9-8-12(17)15(16)18-13/h8-9H,2-7,10-11H2,1H3. The molecule has 0 radical (unpaired) electrons. The number of aromatic nitrogens is 1. The van der Waals surface area contributed by atoms with Gasteiger partial charge in [0.25, 0.3) is 0 Å². The number of unbranched alkanes of at least 4 members (excludes halogenated alkanes) is 5. The van der Waals surface area contributed by atoms with Crippen LogP contribution in [0.1, 0.15) is 45.4 Å². The van der Waals surface area contributed by atoms with Crippen molar-refractivity contribution < 1.29 is 18.7 Å². The molecule has 0 atom stereocenters. The van der Waals surface area contributed by atoms with E-state index in [1.807, 2.05) is 0 Å². The lowest BCUT2D eigenvalue weighted by Gasteiger charge is -2.07. The number of rotatable bonds is 10. The zero-order valence-corrected chi connectivity index (χ0v) is 13.8. The molecule has 0 unspecified atom stereocenters. The molecule has 0 fully saturated rings. The second-order valence-corrected chi connectivity index (χ2v) is 5.45. The molecule has 6 heteroatoms. The van der Waals surface area contributed by atoms with Gasteiger partial charge in [0.15, 0.2) is 12.4 Å². The van der Waals surface area contributed by atoms with Crippen LogP contribution in [0.2, 0.25) is 0 Å². The Hall–Kier alpha value is -1.17. The first-order valence-electron chi connectivity index (χ1n) is 7.24. The lowest BCUT2D eigenvalue weighted by atomic mass is 10.1. The Kier molecular flexibility index (Phi) is 8.98. The number of pyridine rings is 1. The van der Waals surface area contributed by atoms with Crippen LogP contribution >= 0.6 is 15.9 Å². The van der Waals surface area contributed by atoms with E-state index >= 15 is 0 Å². The normalized spacial score (nSPS) is 10.4. The number of hydrogen-bond acceptors (Lipinski definition) is 4. The van der Waals surface area contributed by atoms with E-state index in [0.717, 1.165) is 12.8 Å². The van der Waals surface area contributed by atoms with Crippen LogP contribution in [0.4, 0.5) is 4.39 Å². The Morgan fingerprint density at radius 3 is 2.67 bits per heavy atom. The molecule has 118 valence electrons. The van der Waals surface area contributed by atoms with Gasteiger partial charge in [0, 0.05) is 6.07 Å². The lowest BCUT2D eigenvalue weighted by molar-refractivity contribution is -0.146. The molecular formula is C15H21BrFNO3. The highest BCUT2D eigenvalue weighted by Gasteiger charge is 2.07. The number of carbonyl (C=O) groups is 1. The Balaban J connectivity index is 2.09. The number of carbonyl (C=O) groups excluding carboxylic acids is 1. The van der Waals surface area contributed by atoms with E-state index in [2.05, 4.69) is 27.8 Å². The number of ether oxygens (including phenoxy) is 2. The van der Waals surface area contributed by atoms with Crippen LogP contribution in [0.15, 0.2) is 16.7 Å². The van der Waals surface area contributed by atoms with Crippen molar-refractivity contribution in [2.45, 2.75) is 45.4 Å². The van der Waals surface area contributed by atoms with Crippen molar-refractivity contribution in [2.24, 2.45) is 0 Å². The van der Waals surface area contributed by atoms with Crippen LogP contribution in [-0.4, -0.2) is 24.2 Å². The SMILES string of the molecule is CCCCCCCCOC(=O)COc1ccc(F)c(Br)n1. The molecule has 0 amide bonds. The van der Waals surface area contributed by atoms with Gasteiger partial charge in [-0.3, -0.25) is 0 Å². The van der Waals surface area contributed by atoms with Crippen molar-refractivity contribution in [2.75, 3.05) is 13.2 Å². The van der Waals surface area contributed by atoms with Crippen molar-refractivity contribution in [3.05, 3.63) is 22.6 Å². The lowest BCUT2D eigenvalue weighted by Crippen LogP contribution is -2.16. The summed E-state index contributed by atoms with van der Waals surface area (Å²) in [5.74, 6) is -0.737. The molecule has 0 bridgehead atoms. The smallest absolute Gasteiger partial charge is 0.344 e. The minimum absolute atomic E-state index is 0.0560. The van der Waals surface area contributed by atoms with E-state index in [0.29, 0.717) is 6.61 Å². The molecule has 1 rings (SSSR count). The molecule has 0 saturated heterocycles. The van der Waals surface area contributed by atoms with Crippen molar-refractivity contribution in [1.82, 2.24) is 4.98 Å². The maximum Gasteiger partial charge on any atom is 0.344 e. The third-order valence-electron chi connectivity index (χ3n) is 2.88. The fourth-order valence-electron chi connectivity index (χ4n) is 1.72. The molecule has 0 saturated carbocycles. The summed E-state index contributed by atoms with van der Waals surface area (Å²) in [6.45, 7) is 2.37. The topological polar surface area (TPSA) is 48.4 Å². The highest BCUT2D eigenvalue weighted by atomic mass is 79.9. The summed E-state index contributed by atoms with van der Waals surface area (Å²) in [6.07, 6.45) is 6.83. The van der Waals surface area contributed by atoms with Gasteiger partial charge < -0.3 is 9.47 Å². The third-order valence-corrected chi connectivity index (χ3v) is 3.43. The molecular weight excluding hydrogens is 341 g/mol. The van der Waals surface area contributed by atoms with Crippen molar-refractivity contribution in [3.8, 4) is 5.88 Å². The monoisotopic (exact) mass is 361 g/mol. The third kappa shape index (κ3) is 7.99. The van der Waals surface area contributed by atoms with Gasteiger partial charge in [-0.05, 0) is 28.4 Å². The van der Waals surface area contributed by atoms with Crippen molar-refractivity contribution in [1.29, 1.82) is 0 Å². The summed E-state index contributed by atoms with van der Waals surface area (Å²) < 4.78 is 23.2. The first kappa shape index (κ1) is 17.9. The summed E-state index contributed by atoms with van der Waals surface area (Å²) in [6, 6.07) is 2.58. The van der Waals surface area contributed by atoms with Gasteiger partial charge >= 0.3 is 5.97 Å². The van der Waals surface area contributed by atoms with Gasteiger partial charge in [0.1, 0.15) is 4.60 Å². The summed E-state index contributed by atoms with van der Waals surface area (Å²) in [4.78, 5) is 15.2. The number of nitrogens with zero attached hydrogens (tertiary/aromatic N) is 1. The van der Waals surface area contributed by atoms with Gasteiger partial charge in [-0.2, -0.15) is 0 Å². The summed E-state index contributed by atoms with van der Waals surface area (Å²) in [5.41, 5.74) is 0. The van der Waals surface area contributed by atoms with Crippen LogP contribution in [0, 0.1) is 5.82 Å². The van der Waals surface area contributed by atoms with Crippen LogP contribution in [0.3, 0.4) is 0 Å². The minimum atomic E-state index is -0.479. The fourth-order valence-corrected chi connectivity index (χ4v) is 2.03. The average molecular weight is 362 g/mol. The predicted molar refractivity (Wildman–Crippen MR) is 81.7 cm³/mol. The molecule has 21 heavy (non-hydrogen) atoms. The Morgan fingerprint density at radius 2 is 1.95 bits per heavy atom. The Morgan fingerprint density at radius 1 is 1.24 bits per heavy atom. The predicted octanol–water partition coefficient (Wildman–Crippen LogP) is 4.27. The Bertz CT molecular complexity index is 443. The zero-order valence-electron chi connectivity index (χ0n) is 12.2. The van der Waals surface area contributed by atoms with Gasteiger partial charge in [0.05, 0.1) is 6.61 Å². The van der Waals surface area contributed by atoms with E-state index in [1.54, 1.807) is 0 Å². The van der Waals surface area contributed by atoms with E-state index in [1.165, 1.54) is 37.8 Å². The second kappa shape index (κ2) is 10.5. The highest BCUT2D eigenvalue weighted by Crippen LogP contribution is 2.16. The van der Waals surface area contributed by atoms with Gasteiger partial charge in [-0.1, -0.05) is 39.0 Å². The highest BCUT2D eigenvalue weighted by molar-refractivity contribution is 9.10. The molecule has 0 aromatic carbocycles. The fraction of sp³-hybridized carbons (Fsp3) is 0.600. The van der Waals surface area contributed by atoms with Gasteiger partial charge in [0.2, 0.25) is 5.88 Å².